The molecule has 0 saturated carbocycles. The van der Waals surface area contributed by atoms with Crippen molar-refractivity contribution in [2.45, 2.75) is 58.2 Å². The highest BCUT2D eigenvalue weighted by Gasteiger charge is 2.41. The number of piperidine rings is 1. The summed E-state index contributed by atoms with van der Waals surface area (Å²) in [6, 6.07) is 13.3. The van der Waals surface area contributed by atoms with Crippen LogP contribution in [-0.2, 0) is 4.79 Å². The van der Waals surface area contributed by atoms with Gasteiger partial charge in [-0.25, -0.2) is 5.01 Å². The van der Waals surface area contributed by atoms with Gasteiger partial charge in [0.1, 0.15) is 5.71 Å². The lowest BCUT2D eigenvalue weighted by Gasteiger charge is -2.38. The second kappa shape index (κ2) is 10.8. The van der Waals surface area contributed by atoms with Crippen molar-refractivity contribution in [1.82, 2.24) is 10.4 Å². The zero-order chi connectivity index (χ0) is 23.0. The lowest BCUT2D eigenvalue weighted by Crippen LogP contribution is -2.56. The first kappa shape index (κ1) is 26.1. The Hall–Kier alpha value is -1.50. The van der Waals surface area contributed by atoms with E-state index in [-0.39, 0.29) is 42.4 Å². The Morgan fingerprint density at radius 2 is 1.58 bits per heavy atom. The van der Waals surface area contributed by atoms with Crippen LogP contribution < -0.4 is 10.4 Å². The van der Waals surface area contributed by atoms with Crippen molar-refractivity contribution in [3.63, 3.8) is 0 Å². The third kappa shape index (κ3) is 5.44. The third-order valence-electron chi connectivity index (χ3n) is 6.41. The van der Waals surface area contributed by atoms with Crippen LogP contribution in [0.5, 0.6) is 0 Å². The Morgan fingerprint density at radius 3 is 2.18 bits per heavy atom. The molecule has 2 aromatic carbocycles. The summed E-state index contributed by atoms with van der Waals surface area (Å²) in [7, 11) is 0. The summed E-state index contributed by atoms with van der Waals surface area (Å²) in [6.45, 7) is 6.31. The highest BCUT2D eigenvalue weighted by Crippen LogP contribution is 2.42. The molecule has 1 fully saturated rings. The number of carbonyl (C=O) groups excluding carboxylic acids is 1. The van der Waals surface area contributed by atoms with E-state index in [0.29, 0.717) is 26.5 Å². The van der Waals surface area contributed by atoms with E-state index in [4.69, 9.17) is 39.9 Å². The molecular weight excluding hydrogens is 502 g/mol. The van der Waals surface area contributed by atoms with Gasteiger partial charge < -0.3 is 0 Å². The van der Waals surface area contributed by atoms with Gasteiger partial charge in [-0.3, -0.25) is 15.2 Å². The number of carbonyl (C=O) groups is 1. The number of benzene rings is 2. The molecule has 9 heteroatoms. The number of amides is 1. The average molecular weight is 530 g/mol. The number of hydrogen-bond acceptors (Lipinski definition) is 4. The monoisotopic (exact) mass is 528 g/mol. The number of nitrogens with one attached hydrogen (secondary N) is 1. The van der Waals surface area contributed by atoms with E-state index >= 15 is 0 Å². The van der Waals surface area contributed by atoms with Crippen LogP contribution in [0.25, 0.3) is 0 Å². The van der Waals surface area contributed by atoms with Crippen molar-refractivity contribution in [1.29, 1.82) is 0 Å². The van der Waals surface area contributed by atoms with Gasteiger partial charge in [-0.05, 0) is 62.6 Å². The summed E-state index contributed by atoms with van der Waals surface area (Å²) in [6.07, 6.45) is 3.30. The number of hydrogen-bond donors (Lipinski definition) is 1. The van der Waals surface area contributed by atoms with Gasteiger partial charge in [0.2, 0.25) is 0 Å². The maximum absolute atomic E-state index is 13.4. The minimum Gasteiger partial charge on any atom is -0.283 e. The van der Waals surface area contributed by atoms with Gasteiger partial charge >= 0.3 is 0 Å². The highest BCUT2D eigenvalue weighted by molar-refractivity contribution is 6.41. The van der Waals surface area contributed by atoms with Crippen molar-refractivity contribution in [2.75, 3.05) is 5.01 Å². The molecule has 2 aromatic rings. The zero-order valence-electron chi connectivity index (χ0n) is 18.8. The number of rotatable bonds is 4. The van der Waals surface area contributed by atoms with E-state index in [2.05, 4.69) is 24.3 Å². The molecule has 0 aromatic heterocycles. The van der Waals surface area contributed by atoms with Gasteiger partial charge in [0.25, 0.3) is 5.91 Å². The van der Waals surface area contributed by atoms with Gasteiger partial charge in [0.15, 0.2) is 0 Å². The quantitative estimate of drug-likeness (QED) is 0.467. The van der Waals surface area contributed by atoms with Gasteiger partial charge in [0.05, 0.1) is 16.8 Å². The summed E-state index contributed by atoms with van der Waals surface area (Å²) in [5.41, 5.74) is 5.30. The first-order chi connectivity index (χ1) is 15.3. The van der Waals surface area contributed by atoms with E-state index < -0.39 is 0 Å². The van der Waals surface area contributed by atoms with E-state index in [9.17, 15) is 4.79 Å². The molecule has 2 aliphatic heterocycles. The first-order valence-corrected chi connectivity index (χ1v) is 12.1. The van der Waals surface area contributed by atoms with E-state index in [0.717, 1.165) is 18.4 Å². The third-order valence-corrected chi connectivity index (χ3v) is 7.20. The molecule has 0 radical (unpaired) electrons. The molecule has 4 atom stereocenters. The smallest absolute Gasteiger partial charge is 0.282 e. The lowest BCUT2D eigenvalue weighted by atomic mass is 9.91. The van der Waals surface area contributed by atoms with E-state index in [1.54, 1.807) is 12.1 Å². The summed E-state index contributed by atoms with van der Waals surface area (Å²) in [4.78, 5) is 13.4. The zero-order valence-corrected chi connectivity index (χ0v) is 21.8. The van der Waals surface area contributed by atoms with Gasteiger partial charge in [-0.2, -0.15) is 5.10 Å². The Balaban J connectivity index is 0.00000306. The molecule has 1 amide bonds. The minimum absolute atomic E-state index is 0. The van der Waals surface area contributed by atoms with Crippen LogP contribution in [-0.4, -0.2) is 28.7 Å². The maximum Gasteiger partial charge on any atom is 0.282 e. The molecule has 5 nitrogen and oxygen atoms in total. The molecule has 4 rings (SSSR count). The molecule has 2 aliphatic rings. The molecule has 0 bridgehead atoms. The standard InChI is InChI=1S/C24H27Cl3N4O.ClH/c1-14-5-4-6-15(2)30(14)29-24(32)22-16(3)23(17-7-9-18(25)10-8-17)31(28-22)21-12-11-19(26)13-20(21)27;/h7-16,23H,4-6H2,1-3H3,(H,29,32);1H/t14?,15?,16-,23+;/m1./s1. The first-order valence-electron chi connectivity index (χ1n) is 10.9. The number of halogens is 4. The fraction of sp³-hybridized carbons (Fsp3) is 0.417. The van der Waals surface area contributed by atoms with Crippen LogP contribution in [0.15, 0.2) is 47.6 Å². The Morgan fingerprint density at radius 1 is 0.970 bits per heavy atom. The van der Waals surface area contributed by atoms with E-state index in [1.165, 1.54) is 6.42 Å². The summed E-state index contributed by atoms with van der Waals surface area (Å²) < 4.78 is 0. The normalized spacial score (nSPS) is 25.4. The predicted molar refractivity (Wildman–Crippen MR) is 140 cm³/mol. The fourth-order valence-corrected chi connectivity index (χ4v) is 5.28. The van der Waals surface area contributed by atoms with Crippen molar-refractivity contribution in [3.05, 3.63) is 63.1 Å². The molecule has 33 heavy (non-hydrogen) atoms. The highest BCUT2D eigenvalue weighted by atomic mass is 35.5. The molecule has 2 unspecified atom stereocenters. The lowest BCUT2D eigenvalue weighted by molar-refractivity contribution is -0.122. The molecule has 0 aliphatic carbocycles. The molecule has 0 spiro atoms. The maximum atomic E-state index is 13.4. The molecule has 1 saturated heterocycles. The van der Waals surface area contributed by atoms with Gasteiger partial charge in [-0.15, -0.1) is 12.4 Å². The van der Waals surface area contributed by atoms with Gasteiger partial charge in [-0.1, -0.05) is 60.3 Å². The van der Waals surface area contributed by atoms with Crippen LogP contribution in [0, 0.1) is 5.92 Å². The number of hydrazone groups is 1. The van der Waals surface area contributed by atoms with Gasteiger partial charge in [0, 0.05) is 28.0 Å². The van der Waals surface area contributed by atoms with Crippen LogP contribution in [0.3, 0.4) is 0 Å². The summed E-state index contributed by atoms with van der Waals surface area (Å²) in [5.74, 6) is -0.344. The number of hydrazine groups is 1. The topological polar surface area (TPSA) is 47.9 Å². The second-order valence-electron chi connectivity index (χ2n) is 8.69. The minimum atomic E-state index is -0.206. The predicted octanol–water partition coefficient (Wildman–Crippen LogP) is 6.92. The van der Waals surface area contributed by atoms with Crippen LogP contribution in [0.1, 0.15) is 51.6 Å². The van der Waals surface area contributed by atoms with Crippen molar-refractivity contribution in [2.24, 2.45) is 11.0 Å². The summed E-state index contributed by atoms with van der Waals surface area (Å²) in [5, 5.41) is 10.3. The fourth-order valence-electron chi connectivity index (χ4n) is 4.66. The van der Waals surface area contributed by atoms with Crippen molar-refractivity contribution < 1.29 is 4.79 Å². The van der Waals surface area contributed by atoms with Crippen LogP contribution >= 0.6 is 47.2 Å². The van der Waals surface area contributed by atoms with Crippen molar-refractivity contribution >= 4 is 64.5 Å². The Labute approximate surface area is 216 Å². The Kier molecular flexibility index (Phi) is 8.57. The molecule has 178 valence electrons. The molecular formula is C24H28Cl4N4O. The SMILES string of the molecule is CC1CCCC(C)N1NC(=O)C1=NN(c2ccc(Cl)cc2Cl)[C@H](c2ccc(Cl)cc2)[C@@H]1C.Cl. The van der Waals surface area contributed by atoms with E-state index in [1.807, 2.05) is 42.3 Å². The molecule has 1 N–H and O–H groups in total. The van der Waals surface area contributed by atoms with Crippen LogP contribution in [0.4, 0.5) is 5.69 Å². The average Bonchev–Trinajstić information content (AvgIpc) is 3.08. The molecule has 2 heterocycles. The second-order valence-corrected chi connectivity index (χ2v) is 9.97. The van der Waals surface area contributed by atoms with Crippen molar-refractivity contribution in [3.8, 4) is 0 Å². The largest absolute Gasteiger partial charge is 0.283 e. The Bertz CT molecular complexity index is 1020. The number of nitrogens with zero attached hydrogens (tertiary/aromatic N) is 3. The van der Waals surface area contributed by atoms with Crippen LogP contribution in [0.2, 0.25) is 15.1 Å². The summed E-state index contributed by atoms with van der Waals surface area (Å²) >= 11 is 18.8. The number of anilines is 1.